The van der Waals surface area contributed by atoms with Crippen molar-refractivity contribution in [2.75, 3.05) is 18.9 Å². The van der Waals surface area contributed by atoms with Crippen LogP contribution in [0.1, 0.15) is 22.5 Å². The second-order valence-corrected chi connectivity index (χ2v) is 7.00. The predicted octanol–water partition coefficient (Wildman–Crippen LogP) is 3.87. The van der Waals surface area contributed by atoms with Gasteiger partial charge in [-0.15, -0.1) is 0 Å². The van der Waals surface area contributed by atoms with E-state index in [1.807, 2.05) is 60.8 Å². The highest BCUT2D eigenvalue weighted by molar-refractivity contribution is 5.93. The Labute approximate surface area is 160 Å². The van der Waals surface area contributed by atoms with Crippen LogP contribution in [0.15, 0.2) is 54.6 Å². The van der Waals surface area contributed by atoms with Gasteiger partial charge in [0.15, 0.2) is 0 Å². The summed E-state index contributed by atoms with van der Waals surface area (Å²) in [5.74, 6) is -0.0385. The van der Waals surface area contributed by atoms with Crippen LogP contribution in [0.4, 0.5) is 5.69 Å². The zero-order chi connectivity index (χ0) is 19.4. The van der Waals surface area contributed by atoms with Crippen molar-refractivity contribution in [2.24, 2.45) is 0 Å². The van der Waals surface area contributed by atoms with Crippen LogP contribution in [0.3, 0.4) is 0 Å². The van der Waals surface area contributed by atoms with E-state index in [0.717, 1.165) is 29.3 Å². The molecule has 0 radical (unpaired) electrons. The lowest BCUT2D eigenvalue weighted by atomic mass is 10.1. The molecule has 0 saturated carbocycles. The first-order chi connectivity index (χ1) is 12.9. The second kappa shape index (κ2) is 8.18. The minimum absolute atomic E-state index is 0.0385. The number of para-hydroxylation sites is 1. The Morgan fingerprint density at radius 1 is 1.04 bits per heavy atom. The highest BCUT2D eigenvalue weighted by atomic mass is 16.2. The van der Waals surface area contributed by atoms with Crippen LogP contribution in [0.5, 0.6) is 0 Å². The molecule has 27 heavy (non-hydrogen) atoms. The van der Waals surface area contributed by atoms with Crippen molar-refractivity contribution in [2.45, 2.75) is 27.3 Å². The molecule has 2 aromatic carbocycles. The highest BCUT2D eigenvalue weighted by Crippen LogP contribution is 2.22. The topological polar surface area (TPSA) is 50.2 Å². The number of aromatic nitrogens is 2. The maximum absolute atomic E-state index is 12.5. The van der Waals surface area contributed by atoms with Crippen LogP contribution in [0.2, 0.25) is 0 Å². The van der Waals surface area contributed by atoms with Crippen LogP contribution >= 0.6 is 0 Å². The summed E-state index contributed by atoms with van der Waals surface area (Å²) >= 11 is 0. The van der Waals surface area contributed by atoms with Crippen LogP contribution in [0, 0.1) is 20.8 Å². The standard InChI is InChI=1S/C22H26N4O/c1-16-10-12-19(13-11-16)14-25(4)15-21(27)23-22-17(2)24-26(18(22)3)20-8-6-5-7-9-20/h5-13H,14-15H2,1-4H3,(H,23,27). The summed E-state index contributed by atoms with van der Waals surface area (Å²) in [6.45, 7) is 7.01. The van der Waals surface area contributed by atoms with E-state index >= 15 is 0 Å². The summed E-state index contributed by atoms with van der Waals surface area (Å²) in [5.41, 5.74) is 5.93. The number of nitrogens with zero attached hydrogens (tertiary/aromatic N) is 3. The molecule has 1 amide bonds. The molecular formula is C22H26N4O. The first kappa shape index (κ1) is 18.9. The summed E-state index contributed by atoms with van der Waals surface area (Å²) in [6, 6.07) is 18.3. The molecule has 0 saturated heterocycles. The zero-order valence-electron chi connectivity index (χ0n) is 16.4. The molecule has 1 heterocycles. The van der Waals surface area contributed by atoms with E-state index in [4.69, 9.17) is 0 Å². The number of benzene rings is 2. The molecule has 1 aromatic heterocycles. The van der Waals surface area contributed by atoms with Gasteiger partial charge in [-0.25, -0.2) is 4.68 Å². The largest absolute Gasteiger partial charge is 0.322 e. The van der Waals surface area contributed by atoms with Gasteiger partial charge >= 0.3 is 0 Å². The van der Waals surface area contributed by atoms with Gasteiger partial charge in [-0.2, -0.15) is 5.10 Å². The average Bonchev–Trinajstić information content (AvgIpc) is 2.92. The predicted molar refractivity (Wildman–Crippen MR) is 109 cm³/mol. The Kier molecular flexibility index (Phi) is 5.72. The molecule has 1 N–H and O–H groups in total. The van der Waals surface area contributed by atoms with Crippen LogP contribution in [-0.4, -0.2) is 34.2 Å². The monoisotopic (exact) mass is 362 g/mol. The number of anilines is 1. The fraction of sp³-hybridized carbons (Fsp3) is 0.273. The Morgan fingerprint density at radius 2 is 1.70 bits per heavy atom. The summed E-state index contributed by atoms with van der Waals surface area (Å²) in [4.78, 5) is 14.5. The Bertz CT molecular complexity index is 913. The van der Waals surface area contributed by atoms with Gasteiger partial charge in [0.25, 0.3) is 0 Å². The van der Waals surface area contributed by atoms with Crippen LogP contribution in [-0.2, 0) is 11.3 Å². The van der Waals surface area contributed by atoms with Gasteiger partial charge in [0.1, 0.15) is 0 Å². The number of aryl methyl sites for hydroxylation is 2. The second-order valence-electron chi connectivity index (χ2n) is 7.00. The van der Waals surface area contributed by atoms with E-state index in [0.29, 0.717) is 6.54 Å². The third-order valence-corrected chi connectivity index (χ3v) is 4.54. The van der Waals surface area contributed by atoms with Crippen molar-refractivity contribution >= 4 is 11.6 Å². The van der Waals surface area contributed by atoms with Crippen LogP contribution < -0.4 is 5.32 Å². The van der Waals surface area contributed by atoms with Crippen molar-refractivity contribution in [1.29, 1.82) is 0 Å². The van der Waals surface area contributed by atoms with Gasteiger partial charge in [0.2, 0.25) is 5.91 Å². The molecule has 3 aromatic rings. The summed E-state index contributed by atoms with van der Waals surface area (Å²) < 4.78 is 1.86. The molecule has 0 aliphatic heterocycles. The average molecular weight is 362 g/mol. The molecule has 0 aliphatic rings. The summed E-state index contributed by atoms with van der Waals surface area (Å²) in [7, 11) is 1.95. The lowest BCUT2D eigenvalue weighted by Gasteiger charge is -2.16. The van der Waals surface area contributed by atoms with E-state index in [9.17, 15) is 4.79 Å². The fourth-order valence-corrected chi connectivity index (χ4v) is 3.13. The molecule has 5 nitrogen and oxygen atoms in total. The van der Waals surface area contributed by atoms with E-state index in [-0.39, 0.29) is 5.91 Å². The Morgan fingerprint density at radius 3 is 2.37 bits per heavy atom. The third-order valence-electron chi connectivity index (χ3n) is 4.54. The number of hydrogen-bond donors (Lipinski definition) is 1. The number of rotatable bonds is 6. The minimum atomic E-state index is -0.0385. The van der Waals surface area contributed by atoms with Crippen molar-refractivity contribution in [3.63, 3.8) is 0 Å². The SMILES string of the molecule is Cc1ccc(CN(C)CC(=O)Nc2c(C)nn(-c3ccccc3)c2C)cc1. The molecule has 0 atom stereocenters. The number of likely N-dealkylation sites (N-methyl/N-ethyl adjacent to an activating group) is 1. The minimum Gasteiger partial charge on any atom is -0.322 e. The van der Waals surface area contributed by atoms with E-state index < -0.39 is 0 Å². The third kappa shape index (κ3) is 4.63. The summed E-state index contributed by atoms with van der Waals surface area (Å²) in [5, 5.41) is 7.61. The van der Waals surface area contributed by atoms with Crippen molar-refractivity contribution in [3.05, 3.63) is 77.1 Å². The number of hydrogen-bond acceptors (Lipinski definition) is 3. The van der Waals surface area contributed by atoms with Gasteiger partial charge in [0, 0.05) is 6.54 Å². The van der Waals surface area contributed by atoms with Crippen molar-refractivity contribution < 1.29 is 4.79 Å². The number of carbonyl (C=O) groups excluding carboxylic acids is 1. The molecule has 0 fully saturated rings. The maximum atomic E-state index is 12.5. The normalized spacial score (nSPS) is 11.0. The van der Waals surface area contributed by atoms with E-state index in [1.54, 1.807) is 0 Å². The van der Waals surface area contributed by atoms with Gasteiger partial charge in [-0.3, -0.25) is 9.69 Å². The van der Waals surface area contributed by atoms with E-state index in [2.05, 4.69) is 41.6 Å². The Hall–Kier alpha value is -2.92. The molecule has 3 rings (SSSR count). The van der Waals surface area contributed by atoms with Gasteiger partial charge < -0.3 is 5.32 Å². The maximum Gasteiger partial charge on any atom is 0.238 e. The van der Waals surface area contributed by atoms with E-state index in [1.165, 1.54) is 11.1 Å². The fourth-order valence-electron chi connectivity index (χ4n) is 3.13. The number of nitrogens with one attached hydrogen (secondary N) is 1. The molecule has 0 bridgehead atoms. The van der Waals surface area contributed by atoms with Gasteiger partial charge in [-0.1, -0.05) is 48.0 Å². The molecule has 0 spiro atoms. The molecule has 0 unspecified atom stereocenters. The lowest BCUT2D eigenvalue weighted by Crippen LogP contribution is -2.30. The van der Waals surface area contributed by atoms with Crippen LogP contribution in [0.25, 0.3) is 5.69 Å². The van der Waals surface area contributed by atoms with Crippen molar-refractivity contribution in [3.8, 4) is 5.69 Å². The highest BCUT2D eigenvalue weighted by Gasteiger charge is 2.16. The smallest absolute Gasteiger partial charge is 0.238 e. The molecule has 140 valence electrons. The quantitative estimate of drug-likeness (QED) is 0.724. The van der Waals surface area contributed by atoms with Crippen molar-refractivity contribution in [1.82, 2.24) is 14.7 Å². The Balaban J connectivity index is 1.65. The molecule has 5 heteroatoms. The summed E-state index contributed by atoms with van der Waals surface area (Å²) in [6.07, 6.45) is 0. The first-order valence-corrected chi connectivity index (χ1v) is 9.09. The zero-order valence-corrected chi connectivity index (χ0v) is 16.4. The first-order valence-electron chi connectivity index (χ1n) is 9.09. The van der Waals surface area contributed by atoms with Gasteiger partial charge in [-0.05, 0) is 45.5 Å². The molecule has 0 aliphatic carbocycles. The number of carbonyl (C=O) groups is 1. The van der Waals surface area contributed by atoms with Gasteiger partial charge in [0.05, 0.1) is 29.3 Å². The molecular weight excluding hydrogens is 336 g/mol. The lowest BCUT2D eigenvalue weighted by molar-refractivity contribution is -0.117. The number of amides is 1.